The number of amides is 2. The summed E-state index contributed by atoms with van der Waals surface area (Å²) in [6.45, 7) is 1.15. The Morgan fingerprint density at radius 1 is 1.03 bits per heavy atom. The minimum atomic E-state index is -0.271. The molecule has 178 valence electrons. The molecule has 1 saturated heterocycles. The van der Waals surface area contributed by atoms with Crippen molar-refractivity contribution in [3.8, 4) is 5.69 Å². The normalized spacial score (nSPS) is 14.2. The van der Waals surface area contributed by atoms with Gasteiger partial charge in [0.1, 0.15) is 5.39 Å². The number of anilines is 1. The quantitative estimate of drug-likeness (QED) is 0.450. The van der Waals surface area contributed by atoms with Crippen molar-refractivity contribution in [2.24, 2.45) is 5.92 Å². The van der Waals surface area contributed by atoms with Crippen molar-refractivity contribution in [3.05, 3.63) is 83.0 Å². The molecule has 0 bridgehead atoms. The summed E-state index contributed by atoms with van der Waals surface area (Å²) in [5.41, 5.74) is 2.51. The zero-order valence-corrected chi connectivity index (χ0v) is 19.2. The molecule has 1 aliphatic rings. The van der Waals surface area contributed by atoms with Gasteiger partial charge >= 0.3 is 0 Å². The standard InChI is InChI=1S/C26H26N6O3/c33-23(11-10-18-6-2-1-3-7-18)31-14-12-19(13-15-31)25(34)30-21-8-4-5-9-22(21)32-24-20(16-29-32)26(35)28-17-27-24/h1-9,16-17,19H,10-15H2,(H,30,34)(H,27,28,35). The van der Waals surface area contributed by atoms with Gasteiger partial charge in [-0.05, 0) is 37.0 Å². The summed E-state index contributed by atoms with van der Waals surface area (Å²) in [6, 6.07) is 17.3. The number of hydrogen-bond donors (Lipinski definition) is 2. The van der Waals surface area contributed by atoms with Crippen molar-refractivity contribution >= 4 is 28.5 Å². The van der Waals surface area contributed by atoms with E-state index in [0.29, 0.717) is 54.8 Å². The number of benzene rings is 2. The molecule has 0 spiro atoms. The van der Waals surface area contributed by atoms with Gasteiger partial charge in [0.15, 0.2) is 5.65 Å². The number of H-pyrrole nitrogens is 1. The zero-order valence-electron chi connectivity index (χ0n) is 19.2. The van der Waals surface area contributed by atoms with E-state index in [4.69, 9.17) is 0 Å². The number of carbonyl (C=O) groups excluding carboxylic acids is 2. The topological polar surface area (TPSA) is 113 Å². The third-order valence-electron chi connectivity index (χ3n) is 6.45. The fourth-order valence-corrected chi connectivity index (χ4v) is 4.48. The number of hydrogen-bond acceptors (Lipinski definition) is 5. The summed E-state index contributed by atoms with van der Waals surface area (Å²) in [6.07, 6.45) is 5.23. The van der Waals surface area contributed by atoms with Gasteiger partial charge in [-0.1, -0.05) is 42.5 Å². The van der Waals surface area contributed by atoms with Crippen LogP contribution in [0.15, 0.2) is 71.9 Å². The highest BCUT2D eigenvalue weighted by Gasteiger charge is 2.27. The molecule has 0 aliphatic carbocycles. The summed E-state index contributed by atoms with van der Waals surface area (Å²) >= 11 is 0. The van der Waals surface area contributed by atoms with Crippen molar-refractivity contribution in [3.63, 3.8) is 0 Å². The number of fused-ring (bicyclic) bond motifs is 1. The van der Waals surface area contributed by atoms with Crippen LogP contribution in [0.3, 0.4) is 0 Å². The largest absolute Gasteiger partial charge is 0.343 e. The molecule has 5 rings (SSSR count). The Labute approximate surface area is 201 Å². The Hall–Kier alpha value is -4.27. The van der Waals surface area contributed by atoms with Crippen LogP contribution in [0.4, 0.5) is 5.69 Å². The van der Waals surface area contributed by atoms with Gasteiger partial charge in [-0.3, -0.25) is 14.4 Å². The van der Waals surface area contributed by atoms with Crippen molar-refractivity contribution in [1.82, 2.24) is 24.6 Å². The van der Waals surface area contributed by atoms with E-state index in [1.165, 1.54) is 12.5 Å². The van der Waals surface area contributed by atoms with E-state index in [-0.39, 0.29) is 23.3 Å². The van der Waals surface area contributed by atoms with Crippen LogP contribution in [-0.4, -0.2) is 49.6 Å². The minimum Gasteiger partial charge on any atom is -0.343 e. The molecule has 9 nitrogen and oxygen atoms in total. The number of aryl methyl sites for hydroxylation is 1. The maximum Gasteiger partial charge on any atom is 0.261 e. The van der Waals surface area contributed by atoms with E-state index in [2.05, 4.69) is 20.4 Å². The first-order chi connectivity index (χ1) is 17.1. The van der Waals surface area contributed by atoms with Crippen LogP contribution < -0.4 is 10.9 Å². The van der Waals surface area contributed by atoms with Gasteiger partial charge in [-0.15, -0.1) is 0 Å². The zero-order chi connectivity index (χ0) is 24.2. The van der Waals surface area contributed by atoms with E-state index in [9.17, 15) is 14.4 Å². The van der Waals surface area contributed by atoms with Crippen LogP contribution >= 0.6 is 0 Å². The first-order valence-electron chi connectivity index (χ1n) is 11.7. The fraction of sp³-hybridized carbons (Fsp3) is 0.269. The van der Waals surface area contributed by atoms with Gasteiger partial charge in [-0.2, -0.15) is 5.10 Å². The molecular weight excluding hydrogens is 444 g/mol. The second-order valence-corrected chi connectivity index (χ2v) is 8.67. The number of aromatic amines is 1. The number of carbonyl (C=O) groups is 2. The average Bonchev–Trinajstić information content (AvgIpc) is 3.34. The SMILES string of the molecule is O=C(Nc1ccccc1-n1ncc2c(=O)[nH]cnc21)C1CCN(C(=O)CCc2ccccc2)CC1. The van der Waals surface area contributed by atoms with E-state index in [0.717, 1.165) is 12.0 Å². The van der Waals surface area contributed by atoms with Crippen molar-refractivity contribution in [1.29, 1.82) is 0 Å². The first-order valence-corrected chi connectivity index (χ1v) is 11.7. The van der Waals surface area contributed by atoms with Gasteiger partial charge in [0.2, 0.25) is 11.8 Å². The molecule has 3 heterocycles. The Balaban J connectivity index is 1.22. The minimum absolute atomic E-state index is 0.0869. The molecule has 1 fully saturated rings. The number of piperidine rings is 1. The number of para-hydroxylation sites is 2. The van der Waals surface area contributed by atoms with Crippen LogP contribution in [0.2, 0.25) is 0 Å². The Kier molecular flexibility index (Phi) is 6.38. The van der Waals surface area contributed by atoms with E-state index < -0.39 is 0 Å². The van der Waals surface area contributed by atoms with Gasteiger partial charge in [0.25, 0.3) is 5.56 Å². The highest BCUT2D eigenvalue weighted by Crippen LogP contribution is 2.25. The smallest absolute Gasteiger partial charge is 0.261 e. The maximum absolute atomic E-state index is 13.1. The molecule has 9 heteroatoms. The van der Waals surface area contributed by atoms with Crippen LogP contribution in [0.5, 0.6) is 0 Å². The second kappa shape index (κ2) is 9.92. The number of likely N-dealkylation sites (tertiary alicyclic amines) is 1. The van der Waals surface area contributed by atoms with Gasteiger partial charge in [0.05, 0.1) is 23.9 Å². The fourth-order valence-electron chi connectivity index (χ4n) is 4.48. The first kappa shape index (κ1) is 22.5. The van der Waals surface area contributed by atoms with Gasteiger partial charge in [0, 0.05) is 25.4 Å². The molecule has 2 N–H and O–H groups in total. The van der Waals surface area contributed by atoms with Gasteiger partial charge < -0.3 is 15.2 Å². The van der Waals surface area contributed by atoms with Crippen LogP contribution in [0.1, 0.15) is 24.8 Å². The summed E-state index contributed by atoms with van der Waals surface area (Å²) in [7, 11) is 0. The molecule has 0 unspecified atom stereocenters. The third-order valence-corrected chi connectivity index (χ3v) is 6.45. The van der Waals surface area contributed by atoms with Crippen LogP contribution in [-0.2, 0) is 16.0 Å². The molecule has 35 heavy (non-hydrogen) atoms. The third kappa shape index (κ3) is 4.84. The lowest BCUT2D eigenvalue weighted by atomic mass is 9.95. The lowest BCUT2D eigenvalue weighted by Gasteiger charge is -2.31. The molecule has 0 atom stereocenters. The van der Waals surface area contributed by atoms with E-state index in [1.807, 2.05) is 53.4 Å². The van der Waals surface area contributed by atoms with Crippen molar-refractivity contribution < 1.29 is 9.59 Å². The van der Waals surface area contributed by atoms with Crippen molar-refractivity contribution in [2.75, 3.05) is 18.4 Å². The number of rotatable bonds is 6. The summed E-state index contributed by atoms with van der Waals surface area (Å²) in [4.78, 5) is 46.4. The van der Waals surface area contributed by atoms with Crippen molar-refractivity contribution in [2.45, 2.75) is 25.7 Å². The molecule has 0 radical (unpaired) electrons. The Morgan fingerprint density at radius 2 is 1.77 bits per heavy atom. The van der Waals surface area contributed by atoms with E-state index >= 15 is 0 Å². The summed E-state index contributed by atoms with van der Waals surface area (Å²) < 4.78 is 1.55. The Bertz CT molecular complexity index is 1400. The number of nitrogens with one attached hydrogen (secondary N) is 2. The molecule has 4 aromatic rings. The number of aromatic nitrogens is 4. The molecular formula is C26H26N6O3. The molecule has 2 amide bonds. The average molecular weight is 471 g/mol. The lowest BCUT2D eigenvalue weighted by molar-refractivity contribution is -0.134. The Morgan fingerprint density at radius 3 is 2.57 bits per heavy atom. The molecule has 2 aromatic heterocycles. The maximum atomic E-state index is 13.1. The number of nitrogens with zero attached hydrogens (tertiary/aromatic N) is 4. The lowest BCUT2D eigenvalue weighted by Crippen LogP contribution is -2.41. The summed E-state index contributed by atoms with van der Waals surface area (Å²) in [5.74, 6) is -0.140. The monoisotopic (exact) mass is 470 g/mol. The van der Waals surface area contributed by atoms with Crippen LogP contribution in [0, 0.1) is 5.92 Å². The predicted molar refractivity (Wildman–Crippen MR) is 132 cm³/mol. The molecule has 2 aromatic carbocycles. The second-order valence-electron chi connectivity index (χ2n) is 8.67. The molecule has 1 aliphatic heterocycles. The van der Waals surface area contributed by atoms with E-state index in [1.54, 1.807) is 10.7 Å². The highest BCUT2D eigenvalue weighted by molar-refractivity contribution is 5.95. The molecule has 0 saturated carbocycles. The predicted octanol–water partition coefficient (Wildman–Crippen LogP) is 2.92. The van der Waals surface area contributed by atoms with Gasteiger partial charge in [-0.25, -0.2) is 9.67 Å². The highest BCUT2D eigenvalue weighted by atomic mass is 16.2. The van der Waals surface area contributed by atoms with Crippen LogP contribution in [0.25, 0.3) is 16.7 Å². The summed E-state index contributed by atoms with van der Waals surface area (Å²) in [5, 5.41) is 7.71.